The van der Waals surface area contributed by atoms with E-state index in [1.165, 1.54) is 0 Å². The Morgan fingerprint density at radius 1 is 1.00 bits per heavy atom. The average molecular weight is 310 g/mol. The van der Waals surface area contributed by atoms with Crippen LogP contribution in [-0.4, -0.2) is 20.2 Å². The third-order valence-electron chi connectivity index (χ3n) is 3.62. The largest absolute Gasteiger partial charge is 0.323 e. The van der Waals surface area contributed by atoms with Crippen LogP contribution in [-0.2, 0) is 0 Å². The van der Waals surface area contributed by atoms with Crippen LogP contribution in [0.25, 0.3) is 5.70 Å². The SMILES string of the molecule is Clc1ccc(C2=CC(c3ccccc3)n3nnnc3N2)cc1. The van der Waals surface area contributed by atoms with E-state index in [0.717, 1.165) is 16.8 Å². The summed E-state index contributed by atoms with van der Waals surface area (Å²) < 4.78 is 1.77. The van der Waals surface area contributed by atoms with E-state index < -0.39 is 0 Å². The van der Waals surface area contributed by atoms with Gasteiger partial charge in [-0.3, -0.25) is 0 Å². The Morgan fingerprint density at radius 3 is 2.55 bits per heavy atom. The van der Waals surface area contributed by atoms with Crippen molar-refractivity contribution in [3.63, 3.8) is 0 Å². The summed E-state index contributed by atoms with van der Waals surface area (Å²) in [7, 11) is 0. The molecule has 0 saturated heterocycles. The number of fused-ring (bicyclic) bond motifs is 1. The predicted octanol–water partition coefficient (Wildman–Crippen LogP) is 3.38. The van der Waals surface area contributed by atoms with Crippen LogP contribution in [0.4, 0.5) is 5.95 Å². The lowest BCUT2D eigenvalue weighted by molar-refractivity contribution is 0.586. The van der Waals surface area contributed by atoms with Crippen LogP contribution in [0, 0.1) is 0 Å². The number of allylic oxidation sites excluding steroid dienone is 1. The van der Waals surface area contributed by atoms with E-state index >= 15 is 0 Å². The van der Waals surface area contributed by atoms with Crippen LogP contribution in [0.15, 0.2) is 60.7 Å². The molecule has 1 aliphatic rings. The minimum atomic E-state index is -0.0434. The third kappa shape index (κ3) is 2.25. The van der Waals surface area contributed by atoms with Crippen LogP contribution in [0.5, 0.6) is 0 Å². The van der Waals surface area contributed by atoms with Gasteiger partial charge in [-0.2, -0.15) is 4.68 Å². The monoisotopic (exact) mass is 309 g/mol. The van der Waals surface area contributed by atoms with Crippen molar-refractivity contribution in [1.29, 1.82) is 0 Å². The molecule has 1 atom stereocenters. The fraction of sp³-hybridized carbons (Fsp3) is 0.0625. The maximum absolute atomic E-state index is 5.96. The number of nitrogens with one attached hydrogen (secondary N) is 1. The highest BCUT2D eigenvalue weighted by atomic mass is 35.5. The molecule has 5 nitrogen and oxygen atoms in total. The average Bonchev–Trinajstić information content (AvgIpc) is 3.04. The molecule has 0 saturated carbocycles. The Labute approximate surface area is 132 Å². The summed E-state index contributed by atoms with van der Waals surface area (Å²) in [5.41, 5.74) is 3.14. The minimum absolute atomic E-state index is 0.0434. The maximum Gasteiger partial charge on any atom is 0.248 e. The maximum atomic E-state index is 5.96. The lowest BCUT2D eigenvalue weighted by Crippen LogP contribution is -2.20. The van der Waals surface area contributed by atoms with Gasteiger partial charge in [0.25, 0.3) is 0 Å². The van der Waals surface area contributed by atoms with Crippen LogP contribution >= 0.6 is 11.6 Å². The Balaban J connectivity index is 1.81. The second-order valence-corrected chi connectivity index (χ2v) is 5.45. The molecule has 0 radical (unpaired) electrons. The Morgan fingerprint density at radius 2 is 1.77 bits per heavy atom. The van der Waals surface area contributed by atoms with E-state index in [0.29, 0.717) is 11.0 Å². The van der Waals surface area contributed by atoms with E-state index in [1.807, 2.05) is 42.5 Å². The number of halogens is 1. The number of rotatable bonds is 2. The second kappa shape index (κ2) is 5.27. The fourth-order valence-electron chi connectivity index (χ4n) is 2.54. The van der Waals surface area contributed by atoms with Gasteiger partial charge in [0, 0.05) is 10.7 Å². The van der Waals surface area contributed by atoms with Crippen LogP contribution in [0.1, 0.15) is 17.2 Å². The molecule has 1 aromatic heterocycles. The lowest BCUT2D eigenvalue weighted by atomic mass is 10.0. The van der Waals surface area contributed by atoms with E-state index in [2.05, 4.69) is 39.1 Å². The van der Waals surface area contributed by atoms with E-state index in [-0.39, 0.29) is 6.04 Å². The zero-order chi connectivity index (χ0) is 14.9. The third-order valence-corrected chi connectivity index (χ3v) is 3.88. The summed E-state index contributed by atoms with van der Waals surface area (Å²) in [6.45, 7) is 0. The van der Waals surface area contributed by atoms with Crippen molar-refractivity contribution in [1.82, 2.24) is 20.2 Å². The Bertz CT molecular complexity index is 823. The van der Waals surface area contributed by atoms with Gasteiger partial charge in [0.05, 0.1) is 0 Å². The normalized spacial score (nSPS) is 16.6. The van der Waals surface area contributed by atoms with Crippen molar-refractivity contribution >= 4 is 23.2 Å². The highest BCUT2D eigenvalue weighted by Gasteiger charge is 2.23. The first-order valence-corrected chi connectivity index (χ1v) is 7.27. The molecule has 0 spiro atoms. The van der Waals surface area contributed by atoms with Gasteiger partial charge in [0.2, 0.25) is 5.95 Å². The first-order valence-electron chi connectivity index (χ1n) is 6.89. The summed E-state index contributed by atoms with van der Waals surface area (Å²) in [6, 6.07) is 17.8. The standard InChI is InChI=1S/C16H12ClN5/c17-13-8-6-11(7-9-13)14-10-15(12-4-2-1-3-5-12)22-16(18-14)19-20-21-22/h1-10,15H,(H,18,19,21). The topological polar surface area (TPSA) is 55.6 Å². The van der Waals surface area contributed by atoms with E-state index in [9.17, 15) is 0 Å². The fourth-order valence-corrected chi connectivity index (χ4v) is 2.67. The predicted molar refractivity (Wildman–Crippen MR) is 85.4 cm³/mol. The van der Waals surface area contributed by atoms with Gasteiger partial charge in [-0.05, 0) is 39.8 Å². The van der Waals surface area contributed by atoms with Crippen molar-refractivity contribution < 1.29 is 0 Å². The van der Waals surface area contributed by atoms with Crippen LogP contribution in [0.2, 0.25) is 5.02 Å². The number of anilines is 1. The van der Waals surface area contributed by atoms with Crippen molar-refractivity contribution in [3.05, 3.63) is 76.8 Å². The number of hydrogen-bond acceptors (Lipinski definition) is 4. The van der Waals surface area contributed by atoms with Crippen LogP contribution < -0.4 is 5.32 Å². The first-order chi connectivity index (χ1) is 10.8. The lowest BCUT2D eigenvalue weighted by Gasteiger charge is -2.23. The number of tetrazole rings is 1. The highest BCUT2D eigenvalue weighted by Crippen LogP contribution is 2.31. The number of nitrogens with zero attached hydrogens (tertiary/aromatic N) is 4. The molecule has 0 bridgehead atoms. The quantitative estimate of drug-likeness (QED) is 0.788. The summed E-state index contributed by atoms with van der Waals surface area (Å²) in [6.07, 6.45) is 2.11. The van der Waals surface area contributed by atoms with Crippen molar-refractivity contribution in [2.45, 2.75) is 6.04 Å². The number of aromatic nitrogens is 4. The summed E-state index contributed by atoms with van der Waals surface area (Å²) in [4.78, 5) is 0. The van der Waals surface area contributed by atoms with Crippen molar-refractivity contribution in [3.8, 4) is 0 Å². The van der Waals surface area contributed by atoms with Crippen molar-refractivity contribution in [2.75, 3.05) is 5.32 Å². The number of hydrogen-bond donors (Lipinski definition) is 1. The molecule has 6 heteroatoms. The molecule has 1 aliphatic heterocycles. The molecule has 1 N–H and O–H groups in total. The van der Waals surface area contributed by atoms with Gasteiger partial charge in [-0.25, -0.2) is 0 Å². The Hall–Kier alpha value is -2.66. The molecule has 108 valence electrons. The number of benzene rings is 2. The first kappa shape index (κ1) is 13.0. The molecule has 4 rings (SSSR count). The molecule has 3 aromatic rings. The van der Waals surface area contributed by atoms with Crippen LogP contribution in [0.3, 0.4) is 0 Å². The highest BCUT2D eigenvalue weighted by molar-refractivity contribution is 6.30. The van der Waals surface area contributed by atoms with Gasteiger partial charge in [-0.1, -0.05) is 59.2 Å². The molecule has 0 fully saturated rings. The Kier molecular flexibility index (Phi) is 3.12. The molecular weight excluding hydrogens is 298 g/mol. The minimum Gasteiger partial charge on any atom is -0.323 e. The zero-order valence-corrected chi connectivity index (χ0v) is 12.3. The molecule has 0 amide bonds. The van der Waals surface area contributed by atoms with Gasteiger partial charge in [0.15, 0.2) is 0 Å². The van der Waals surface area contributed by atoms with Crippen molar-refractivity contribution in [2.24, 2.45) is 0 Å². The molecule has 0 aliphatic carbocycles. The smallest absolute Gasteiger partial charge is 0.248 e. The zero-order valence-electron chi connectivity index (χ0n) is 11.5. The second-order valence-electron chi connectivity index (χ2n) is 5.01. The molecule has 2 heterocycles. The molecule has 22 heavy (non-hydrogen) atoms. The summed E-state index contributed by atoms with van der Waals surface area (Å²) in [5, 5.41) is 15.9. The molecule has 2 aromatic carbocycles. The van der Waals surface area contributed by atoms with Gasteiger partial charge < -0.3 is 5.32 Å². The van der Waals surface area contributed by atoms with Gasteiger partial charge in [-0.15, -0.1) is 0 Å². The summed E-state index contributed by atoms with van der Waals surface area (Å²) >= 11 is 5.96. The van der Waals surface area contributed by atoms with Gasteiger partial charge >= 0.3 is 0 Å². The van der Waals surface area contributed by atoms with E-state index in [1.54, 1.807) is 4.68 Å². The van der Waals surface area contributed by atoms with E-state index in [4.69, 9.17) is 11.6 Å². The van der Waals surface area contributed by atoms with Gasteiger partial charge in [0.1, 0.15) is 6.04 Å². The molecule has 1 unspecified atom stereocenters. The summed E-state index contributed by atoms with van der Waals surface area (Å²) in [5.74, 6) is 0.626. The molecular formula is C16H12ClN5.